The number of hydrogen-bond acceptors (Lipinski definition) is 1. The zero-order valence-corrected chi connectivity index (χ0v) is 15.1. The Morgan fingerprint density at radius 3 is 1.48 bits per heavy atom. The molecule has 0 bridgehead atoms. The van der Waals surface area contributed by atoms with Gasteiger partial charge < -0.3 is 17.3 Å². The molecule has 0 radical (unpaired) electrons. The molecule has 0 aliphatic heterocycles. The molecular weight excluding hydrogens is 373 g/mol. The topological polar surface area (TPSA) is 23.8 Å². The maximum absolute atomic E-state index is 9.75. The number of nitriles is 1. The molecule has 0 aromatic heterocycles. The summed E-state index contributed by atoms with van der Waals surface area (Å²) in [7, 11) is -5.99. The van der Waals surface area contributed by atoms with E-state index in [1.807, 2.05) is 12.1 Å². The van der Waals surface area contributed by atoms with Gasteiger partial charge in [0, 0.05) is 5.56 Å². The molecule has 0 unspecified atom stereocenters. The third kappa shape index (κ3) is 7.59. The molecule has 0 aliphatic carbocycles. The van der Waals surface area contributed by atoms with Crippen molar-refractivity contribution in [1.29, 1.82) is 5.26 Å². The lowest BCUT2D eigenvalue weighted by Crippen LogP contribution is -2.07. The summed E-state index contributed by atoms with van der Waals surface area (Å²) in [5.41, 5.74) is 1.97. The van der Waals surface area contributed by atoms with Gasteiger partial charge in [-0.05, 0) is 36.4 Å². The quantitative estimate of drug-likeness (QED) is 0.301. The molecule has 0 N–H and O–H groups in total. The van der Waals surface area contributed by atoms with Crippen molar-refractivity contribution in [2.45, 2.75) is 15.5 Å². The van der Waals surface area contributed by atoms with Crippen LogP contribution < -0.4 is 0 Å². The molecule has 0 spiro atoms. The third-order valence-corrected chi connectivity index (χ3v) is 5.75. The Bertz CT molecular complexity index is 817. The SMILES string of the molecule is F[B-](F)(F)F.N#Cc1ccc(C[S+](c2ccccc2)c2ccccc2)cc1. The highest BCUT2D eigenvalue weighted by atomic mass is 32.2. The zero-order chi connectivity index (χ0) is 19.7. The molecule has 0 atom stereocenters. The van der Waals surface area contributed by atoms with Gasteiger partial charge in [-0.1, -0.05) is 48.5 Å². The summed E-state index contributed by atoms with van der Waals surface area (Å²) < 4.78 is 39.0. The Balaban J connectivity index is 0.000000465. The average molecular weight is 389 g/mol. The summed E-state index contributed by atoms with van der Waals surface area (Å²) in [4.78, 5) is 2.69. The second-order valence-corrected chi connectivity index (χ2v) is 7.48. The first-order valence-corrected chi connectivity index (χ1v) is 9.43. The maximum Gasteiger partial charge on any atom is 0.673 e. The van der Waals surface area contributed by atoms with E-state index in [0.29, 0.717) is 5.56 Å². The maximum atomic E-state index is 9.75. The lowest BCUT2D eigenvalue weighted by atomic mass is 10.2. The van der Waals surface area contributed by atoms with E-state index in [9.17, 15) is 17.3 Å². The molecule has 0 aliphatic rings. The van der Waals surface area contributed by atoms with Crippen molar-refractivity contribution in [1.82, 2.24) is 0 Å². The largest absolute Gasteiger partial charge is 0.673 e. The molecule has 0 amide bonds. The highest BCUT2D eigenvalue weighted by Gasteiger charge is 2.25. The molecule has 3 aromatic carbocycles. The summed E-state index contributed by atoms with van der Waals surface area (Å²) in [5.74, 6) is 0.958. The minimum atomic E-state index is -6.00. The van der Waals surface area contributed by atoms with Gasteiger partial charge in [0.2, 0.25) is 0 Å². The molecule has 0 fully saturated rings. The number of halogens is 4. The van der Waals surface area contributed by atoms with E-state index in [1.165, 1.54) is 15.4 Å². The highest BCUT2D eigenvalue weighted by molar-refractivity contribution is 7.96. The average Bonchev–Trinajstić information content (AvgIpc) is 2.67. The first-order valence-electron chi connectivity index (χ1n) is 8.04. The van der Waals surface area contributed by atoms with Crippen molar-refractivity contribution in [3.8, 4) is 6.07 Å². The van der Waals surface area contributed by atoms with Crippen LogP contribution in [0.4, 0.5) is 17.3 Å². The Labute approximate surface area is 158 Å². The minimum Gasteiger partial charge on any atom is -0.418 e. The normalized spacial score (nSPS) is 10.7. The molecule has 3 aromatic rings. The van der Waals surface area contributed by atoms with Crippen LogP contribution >= 0.6 is 0 Å². The minimum absolute atomic E-state index is 0.00631. The van der Waals surface area contributed by atoms with Crippen molar-refractivity contribution in [3.63, 3.8) is 0 Å². The second kappa shape index (κ2) is 9.84. The van der Waals surface area contributed by atoms with E-state index in [4.69, 9.17) is 5.26 Å². The van der Waals surface area contributed by atoms with E-state index in [0.717, 1.165) is 5.75 Å². The summed E-state index contributed by atoms with van der Waals surface area (Å²) in [6, 6.07) is 31.3. The van der Waals surface area contributed by atoms with Crippen LogP contribution in [0.3, 0.4) is 0 Å². The van der Waals surface area contributed by atoms with Crippen molar-refractivity contribution in [2.75, 3.05) is 0 Å². The predicted molar refractivity (Wildman–Crippen MR) is 102 cm³/mol. The first-order chi connectivity index (χ1) is 12.9. The van der Waals surface area contributed by atoms with Gasteiger partial charge in [-0.25, -0.2) is 0 Å². The molecule has 7 heteroatoms. The van der Waals surface area contributed by atoms with Gasteiger partial charge >= 0.3 is 7.25 Å². The van der Waals surface area contributed by atoms with Crippen molar-refractivity contribution in [3.05, 3.63) is 96.1 Å². The van der Waals surface area contributed by atoms with Gasteiger partial charge in [0.15, 0.2) is 9.79 Å². The molecule has 1 nitrogen and oxygen atoms in total. The molecular formula is C20H16BF4NS. The Kier molecular flexibility index (Phi) is 7.50. The van der Waals surface area contributed by atoms with E-state index >= 15 is 0 Å². The van der Waals surface area contributed by atoms with Gasteiger partial charge in [0.05, 0.1) is 22.5 Å². The molecule has 0 saturated carbocycles. The lowest BCUT2D eigenvalue weighted by molar-refractivity contribution is 0.368. The van der Waals surface area contributed by atoms with Gasteiger partial charge in [-0.15, -0.1) is 0 Å². The monoisotopic (exact) mass is 389 g/mol. The number of rotatable bonds is 4. The smallest absolute Gasteiger partial charge is 0.418 e. The van der Waals surface area contributed by atoms with Crippen LogP contribution in [0.2, 0.25) is 0 Å². The summed E-state index contributed by atoms with van der Waals surface area (Å²) in [5, 5.41) is 8.92. The fourth-order valence-electron chi connectivity index (χ4n) is 2.31. The van der Waals surface area contributed by atoms with Crippen molar-refractivity contribution < 1.29 is 17.3 Å². The summed E-state index contributed by atoms with van der Waals surface area (Å²) in [6.07, 6.45) is 0. The molecule has 138 valence electrons. The van der Waals surface area contributed by atoms with E-state index in [1.54, 1.807) is 0 Å². The zero-order valence-electron chi connectivity index (χ0n) is 14.2. The van der Waals surface area contributed by atoms with Crippen LogP contribution in [-0.2, 0) is 16.6 Å². The van der Waals surface area contributed by atoms with Crippen LogP contribution in [-0.4, -0.2) is 7.25 Å². The fraction of sp³-hybridized carbons (Fsp3) is 0.0500. The number of hydrogen-bond donors (Lipinski definition) is 0. The Morgan fingerprint density at radius 1 is 0.704 bits per heavy atom. The van der Waals surface area contributed by atoms with Gasteiger partial charge in [0.25, 0.3) is 0 Å². The van der Waals surface area contributed by atoms with Crippen molar-refractivity contribution in [2.24, 2.45) is 0 Å². The van der Waals surface area contributed by atoms with Crippen LogP contribution in [0, 0.1) is 11.3 Å². The molecule has 0 heterocycles. The Hall–Kier alpha value is -2.72. The standard InChI is InChI=1S/C20H16NS.BF4/c21-15-17-11-13-18(14-12-17)16-22(19-7-3-1-4-8-19)20-9-5-2-6-10-20;2-1(3,4)5/h1-14H,16H2;/q+1;-1. The van der Waals surface area contributed by atoms with Crippen LogP contribution in [0.25, 0.3) is 0 Å². The van der Waals surface area contributed by atoms with E-state index in [2.05, 4.69) is 78.9 Å². The molecule has 27 heavy (non-hydrogen) atoms. The van der Waals surface area contributed by atoms with Gasteiger partial charge in [-0.3, -0.25) is 0 Å². The first kappa shape index (κ1) is 20.6. The summed E-state index contributed by atoms with van der Waals surface area (Å²) in [6.45, 7) is 0. The van der Waals surface area contributed by atoms with Crippen LogP contribution in [0.5, 0.6) is 0 Å². The molecule has 3 rings (SSSR count). The number of benzene rings is 3. The van der Waals surface area contributed by atoms with E-state index < -0.39 is 7.25 Å². The highest BCUT2D eigenvalue weighted by Crippen LogP contribution is 2.27. The fourth-order valence-corrected chi connectivity index (χ4v) is 4.42. The Morgan fingerprint density at radius 2 is 1.11 bits per heavy atom. The van der Waals surface area contributed by atoms with E-state index in [-0.39, 0.29) is 10.9 Å². The second-order valence-electron chi connectivity index (χ2n) is 5.46. The number of nitrogens with zero attached hydrogens (tertiary/aromatic N) is 1. The third-order valence-electron chi connectivity index (χ3n) is 3.45. The predicted octanol–water partition coefficient (Wildman–Crippen LogP) is 6.09. The van der Waals surface area contributed by atoms with Crippen molar-refractivity contribution >= 4 is 18.1 Å². The van der Waals surface area contributed by atoms with Gasteiger partial charge in [-0.2, -0.15) is 5.26 Å². The summed E-state index contributed by atoms with van der Waals surface area (Å²) >= 11 is 0. The van der Waals surface area contributed by atoms with Gasteiger partial charge in [0.1, 0.15) is 5.75 Å². The van der Waals surface area contributed by atoms with Crippen LogP contribution in [0.1, 0.15) is 11.1 Å². The van der Waals surface area contributed by atoms with Crippen LogP contribution in [0.15, 0.2) is 94.7 Å². The molecule has 0 saturated heterocycles. The lowest BCUT2D eigenvalue weighted by Gasteiger charge is -2.08.